The number of aliphatic carboxylic acids is 1. The van der Waals surface area contributed by atoms with Crippen LogP contribution in [0.4, 0.5) is 0 Å². The zero-order chi connectivity index (χ0) is 31.4. The highest BCUT2D eigenvalue weighted by molar-refractivity contribution is 7.93. The summed E-state index contributed by atoms with van der Waals surface area (Å²) in [5.74, 6) is -3.82. The van der Waals surface area contributed by atoms with Gasteiger partial charge in [0.25, 0.3) is 0 Å². The molecule has 4 atom stereocenters. The second-order valence-corrected chi connectivity index (χ2v) is 12.0. The van der Waals surface area contributed by atoms with Gasteiger partial charge in [-0.05, 0) is 24.5 Å². The monoisotopic (exact) mass is 603 g/mol. The Morgan fingerprint density at radius 2 is 1.62 bits per heavy atom. The van der Waals surface area contributed by atoms with Crippen molar-refractivity contribution in [2.45, 2.75) is 64.2 Å². The largest absolute Gasteiger partial charge is 0.481 e. The number of carbonyl (C=O) groups is 5. The van der Waals surface area contributed by atoms with Crippen LogP contribution in [0.25, 0.3) is 10.9 Å². The van der Waals surface area contributed by atoms with Gasteiger partial charge in [0.2, 0.25) is 24.1 Å². The number of aromatic nitrogens is 1. The van der Waals surface area contributed by atoms with Crippen molar-refractivity contribution in [1.82, 2.24) is 26.3 Å². The number of carbonyl (C=O) groups excluding carboxylic acids is 4. The molecule has 2 rings (SSSR count). The standard InChI is InChI=1S/C28H37N5O8S/c1-5-21(29-16-34)26(37)32-23(14-19-11-10-18-8-6-7-9-22(18)30-19)27(38)33-25(17(2)3)28(39)31-20(15-24(35)36)12-13-42(4,40)41/h6-13,16-17,20-21,23,25H,5,14-15H2,1-4H3,(H,29,34)(H,31,39)(H,32,37)(H,33,38)(H,35,36)/b13-12+/t20?,21-,23?,25-/m0/s1. The lowest BCUT2D eigenvalue weighted by atomic mass is 10.0. The van der Waals surface area contributed by atoms with Crippen molar-refractivity contribution >= 4 is 50.8 Å². The number of amides is 4. The van der Waals surface area contributed by atoms with Crippen LogP contribution in [0.2, 0.25) is 0 Å². The van der Waals surface area contributed by atoms with Crippen molar-refractivity contribution in [3.63, 3.8) is 0 Å². The zero-order valence-corrected chi connectivity index (χ0v) is 24.7. The zero-order valence-electron chi connectivity index (χ0n) is 23.9. The molecule has 0 saturated heterocycles. The molecule has 0 aliphatic heterocycles. The number of pyridine rings is 1. The van der Waals surface area contributed by atoms with Crippen LogP contribution in [0.5, 0.6) is 0 Å². The fraction of sp³-hybridized carbons (Fsp3) is 0.429. The van der Waals surface area contributed by atoms with Gasteiger partial charge in [0, 0.05) is 29.2 Å². The molecule has 14 heteroatoms. The van der Waals surface area contributed by atoms with E-state index in [1.165, 1.54) is 0 Å². The Morgan fingerprint density at radius 3 is 2.21 bits per heavy atom. The molecular weight excluding hydrogens is 566 g/mol. The Bertz CT molecular complexity index is 1430. The van der Waals surface area contributed by atoms with Crippen LogP contribution >= 0.6 is 0 Å². The van der Waals surface area contributed by atoms with Crippen molar-refractivity contribution in [2.75, 3.05) is 6.26 Å². The van der Waals surface area contributed by atoms with Crippen LogP contribution in [-0.2, 0) is 40.2 Å². The van der Waals surface area contributed by atoms with E-state index in [2.05, 4.69) is 26.3 Å². The van der Waals surface area contributed by atoms with Crippen molar-refractivity contribution in [3.8, 4) is 0 Å². The summed E-state index contributed by atoms with van der Waals surface area (Å²) in [6.45, 7) is 5.00. The number of carboxylic acid groups (broad SMARTS) is 1. The number of rotatable bonds is 16. The molecule has 0 fully saturated rings. The molecule has 13 nitrogen and oxygen atoms in total. The summed E-state index contributed by atoms with van der Waals surface area (Å²) in [6.07, 6.45) is 2.00. The molecule has 0 saturated carbocycles. The average molecular weight is 604 g/mol. The lowest BCUT2D eigenvalue weighted by Crippen LogP contribution is -2.58. The van der Waals surface area contributed by atoms with E-state index in [9.17, 15) is 37.5 Å². The molecule has 1 heterocycles. The number of hydrogen-bond donors (Lipinski definition) is 5. The van der Waals surface area contributed by atoms with Gasteiger partial charge in [-0.1, -0.05) is 51.1 Å². The highest BCUT2D eigenvalue weighted by Crippen LogP contribution is 2.14. The minimum Gasteiger partial charge on any atom is -0.481 e. The molecule has 4 amide bonds. The van der Waals surface area contributed by atoms with Crippen molar-refractivity contribution in [1.29, 1.82) is 0 Å². The fourth-order valence-electron chi connectivity index (χ4n) is 4.03. The van der Waals surface area contributed by atoms with Crippen molar-refractivity contribution in [3.05, 3.63) is 53.6 Å². The Hall–Kier alpha value is -4.33. The third kappa shape index (κ3) is 10.9. The minimum absolute atomic E-state index is 0.0366. The summed E-state index contributed by atoms with van der Waals surface area (Å²) in [6, 6.07) is 6.48. The van der Waals surface area contributed by atoms with E-state index in [1.807, 2.05) is 24.3 Å². The molecular formula is C28H37N5O8S. The average Bonchev–Trinajstić information content (AvgIpc) is 2.91. The van der Waals surface area contributed by atoms with E-state index >= 15 is 0 Å². The maximum absolute atomic E-state index is 13.5. The van der Waals surface area contributed by atoms with Gasteiger partial charge >= 0.3 is 5.97 Å². The van der Waals surface area contributed by atoms with E-state index < -0.39 is 70.0 Å². The molecule has 1 aromatic heterocycles. The maximum Gasteiger partial charge on any atom is 0.305 e. The number of sulfone groups is 1. The highest BCUT2D eigenvalue weighted by Gasteiger charge is 2.31. The van der Waals surface area contributed by atoms with Crippen molar-refractivity contribution in [2.24, 2.45) is 5.92 Å². The Labute approximate surface area is 244 Å². The van der Waals surface area contributed by atoms with Crippen LogP contribution in [-0.4, -0.2) is 79.0 Å². The molecule has 5 N–H and O–H groups in total. The molecule has 0 bridgehead atoms. The lowest BCUT2D eigenvalue weighted by molar-refractivity contribution is -0.138. The van der Waals surface area contributed by atoms with Crippen LogP contribution in [0.3, 0.4) is 0 Å². The topological polar surface area (TPSA) is 201 Å². The van der Waals surface area contributed by atoms with Gasteiger partial charge in [0.15, 0.2) is 9.84 Å². The first-order valence-corrected chi connectivity index (χ1v) is 15.2. The molecule has 0 radical (unpaired) electrons. The first kappa shape index (κ1) is 33.9. The summed E-state index contributed by atoms with van der Waals surface area (Å²) in [4.78, 5) is 66.5. The second kappa shape index (κ2) is 15.6. The first-order chi connectivity index (χ1) is 19.7. The predicted octanol–water partition coefficient (Wildman–Crippen LogP) is 0.445. The third-order valence-corrected chi connectivity index (χ3v) is 6.87. The number of nitrogens with one attached hydrogen (secondary N) is 4. The lowest BCUT2D eigenvalue weighted by Gasteiger charge is -2.27. The second-order valence-electron chi connectivity index (χ2n) is 10.1. The number of para-hydroxylation sites is 1. The smallest absolute Gasteiger partial charge is 0.305 e. The van der Waals surface area contributed by atoms with E-state index in [0.717, 1.165) is 23.1 Å². The molecule has 1 aromatic carbocycles. The summed E-state index contributed by atoms with van der Waals surface area (Å²) in [7, 11) is -3.59. The van der Waals surface area contributed by atoms with Crippen LogP contribution in [0.1, 0.15) is 39.3 Å². The molecule has 228 valence electrons. The summed E-state index contributed by atoms with van der Waals surface area (Å²) in [5, 5.41) is 21.0. The molecule has 2 aromatic rings. The van der Waals surface area contributed by atoms with Gasteiger partial charge in [0.05, 0.1) is 18.0 Å². The SMILES string of the molecule is CC[C@H](NC=O)C(=O)NC(Cc1ccc2ccccc2n1)C(=O)N[C@H](C(=O)NC(/C=C/S(C)(=O)=O)CC(=O)O)C(C)C. The van der Waals surface area contributed by atoms with E-state index in [4.69, 9.17) is 0 Å². The molecule has 2 unspecified atom stereocenters. The number of carboxylic acids is 1. The Morgan fingerprint density at radius 1 is 0.952 bits per heavy atom. The Kier molecular flexibility index (Phi) is 12.6. The van der Waals surface area contributed by atoms with Crippen molar-refractivity contribution < 1.29 is 37.5 Å². The number of benzene rings is 1. The van der Waals surface area contributed by atoms with Gasteiger partial charge in [-0.2, -0.15) is 0 Å². The van der Waals surface area contributed by atoms with Crippen LogP contribution in [0.15, 0.2) is 47.9 Å². The van der Waals surface area contributed by atoms with E-state index in [0.29, 0.717) is 17.6 Å². The van der Waals surface area contributed by atoms with Gasteiger partial charge < -0.3 is 26.4 Å². The van der Waals surface area contributed by atoms with E-state index in [1.54, 1.807) is 32.9 Å². The van der Waals surface area contributed by atoms with E-state index in [-0.39, 0.29) is 12.8 Å². The number of fused-ring (bicyclic) bond motifs is 1. The third-order valence-electron chi connectivity index (χ3n) is 6.22. The van der Waals surface area contributed by atoms with Gasteiger partial charge in [-0.25, -0.2) is 8.42 Å². The van der Waals surface area contributed by atoms with Gasteiger partial charge in [-0.3, -0.25) is 29.0 Å². The Balaban J connectivity index is 2.33. The molecule has 42 heavy (non-hydrogen) atoms. The number of hydrogen-bond acceptors (Lipinski definition) is 8. The summed E-state index contributed by atoms with van der Waals surface area (Å²) in [5.41, 5.74) is 1.17. The quantitative estimate of drug-likeness (QED) is 0.169. The minimum atomic E-state index is -3.59. The predicted molar refractivity (Wildman–Crippen MR) is 156 cm³/mol. The summed E-state index contributed by atoms with van der Waals surface area (Å²) >= 11 is 0. The van der Waals surface area contributed by atoms with Gasteiger partial charge in [0.1, 0.15) is 18.1 Å². The van der Waals surface area contributed by atoms with Gasteiger partial charge in [-0.15, -0.1) is 0 Å². The molecule has 0 aliphatic carbocycles. The van der Waals surface area contributed by atoms with Crippen LogP contribution in [0, 0.1) is 5.92 Å². The number of nitrogens with zero attached hydrogens (tertiary/aromatic N) is 1. The van der Waals surface area contributed by atoms with Crippen LogP contribution < -0.4 is 21.3 Å². The molecule has 0 spiro atoms. The fourth-order valence-corrected chi connectivity index (χ4v) is 4.50. The normalized spacial score (nSPS) is 14.5. The first-order valence-electron chi connectivity index (χ1n) is 13.3. The summed E-state index contributed by atoms with van der Waals surface area (Å²) < 4.78 is 23.0. The molecule has 0 aliphatic rings. The highest BCUT2D eigenvalue weighted by atomic mass is 32.2. The maximum atomic E-state index is 13.5.